The normalized spacial score (nSPS) is 10.4. The van der Waals surface area contributed by atoms with Gasteiger partial charge in [-0.25, -0.2) is 10.2 Å². The maximum atomic E-state index is 10.7. The standard InChI is InChI=1S/C9H10N4O4/c1-5-2-8(14)6(3-7(5)13(16)17)4-11-12-9(10)15/h2-4,14H,1H3,(H3,10,12,15). The van der Waals surface area contributed by atoms with Gasteiger partial charge in [-0.3, -0.25) is 10.1 Å². The number of benzene rings is 1. The van der Waals surface area contributed by atoms with Crippen molar-refractivity contribution in [3.63, 3.8) is 0 Å². The second-order valence-electron chi connectivity index (χ2n) is 3.19. The van der Waals surface area contributed by atoms with E-state index in [0.29, 0.717) is 5.56 Å². The van der Waals surface area contributed by atoms with Gasteiger partial charge in [-0.05, 0) is 13.0 Å². The van der Waals surface area contributed by atoms with Crippen molar-refractivity contribution in [2.24, 2.45) is 10.8 Å². The van der Waals surface area contributed by atoms with Crippen LogP contribution in [-0.2, 0) is 0 Å². The molecule has 0 radical (unpaired) electrons. The maximum Gasteiger partial charge on any atom is 0.332 e. The third kappa shape index (κ3) is 3.16. The van der Waals surface area contributed by atoms with E-state index in [1.54, 1.807) is 0 Å². The number of hydrogen-bond donors (Lipinski definition) is 3. The maximum absolute atomic E-state index is 10.7. The topological polar surface area (TPSA) is 131 Å². The van der Waals surface area contributed by atoms with Gasteiger partial charge in [0.15, 0.2) is 0 Å². The van der Waals surface area contributed by atoms with E-state index >= 15 is 0 Å². The molecule has 2 amide bonds. The largest absolute Gasteiger partial charge is 0.507 e. The molecule has 8 nitrogen and oxygen atoms in total. The van der Waals surface area contributed by atoms with Gasteiger partial charge in [0.25, 0.3) is 5.69 Å². The van der Waals surface area contributed by atoms with Crippen molar-refractivity contribution in [2.75, 3.05) is 0 Å². The van der Waals surface area contributed by atoms with Crippen molar-refractivity contribution in [3.05, 3.63) is 33.4 Å². The predicted octanol–water partition coefficient (Wildman–Crippen LogP) is 0.611. The first-order valence-corrected chi connectivity index (χ1v) is 4.48. The quantitative estimate of drug-likeness (QED) is 0.404. The van der Waals surface area contributed by atoms with E-state index in [1.807, 2.05) is 5.43 Å². The minimum absolute atomic E-state index is 0.107. The van der Waals surface area contributed by atoms with Crippen molar-refractivity contribution in [3.8, 4) is 5.75 Å². The Morgan fingerprint density at radius 2 is 2.29 bits per heavy atom. The molecule has 1 rings (SSSR count). The lowest BCUT2D eigenvalue weighted by Crippen LogP contribution is -2.24. The molecule has 0 aliphatic carbocycles. The molecule has 0 spiro atoms. The lowest BCUT2D eigenvalue weighted by atomic mass is 10.1. The second-order valence-corrected chi connectivity index (χ2v) is 3.19. The highest BCUT2D eigenvalue weighted by Gasteiger charge is 2.13. The van der Waals surface area contributed by atoms with Crippen LogP contribution in [0.15, 0.2) is 17.2 Å². The summed E-state index contributed by atoms with van der Waals surface area (Å²) in [5, 5.41) is 23.6. The number of nitrogens with two attached hydrogens (primary N) is 1. The summed E-state index contributed by atoms with van der Waals surface area (Å²) in [6.07, 6.45) is 1.06. The number of primary amides is 1. The van der Waals surface area contributed by atoms with E-state index in [9.17, 15) is 20.0 Å². The van der Waals surface area contributed by atoms with E-state index in [-0.39, 0.29) is 17.0 Å². The van der Waals surface area contributed by atoms with E-state index in [2.05, 4.69) is 5.10 Å². The first kappa shape index (κ1) is 12.4. The molecule has 90 valence electrons. The number of phenols is 1. The van der Waals surface area contributed by atoms with Gasteiger partial charge in [-0.2, -0.15) is 5.10 Å². The average molecular weight is 238 g/mol. The van der Waals surface area contributed by atoms with E-state index in [0.717, 1.165) is 12.3 Å². The Balaban J connectivity index is 3.07. The minimum Gasteiger partial charge on any atom is -0.507 e. The van der Waals surface area contributed by atoms with Crippen LogP contribution in [0.25, 0.3) is 0 Å². The van der Waals surface area contributed by atoms with Crippen LogP contribution < -0.4 is 11.2 Å². The summed E-state index contributed by atoms with van der Waals surface area (Å²) in [5.74, 6) is -0.178. The average Bonchev–Trinajstić information content (AvgIpc) is 2.20. The number of aromatic hydroxyl groups is 1. The number of nitro groups is 1. The van der Waals surface area contributed by atoms with Crippen LogP contribution in [0, 0.1) is 17.0 Å². The first-order chi connectivity index (χ1) is 7.91. The molecule has 0 saturated carbocycles. The van der Waals surface area contributed by atoms with E-state index < -0.39 is 11.0 Å². The molecular formula is C9H10N4O4. The molecule has 0 bridgehead atoms. The summed E-state index contributed by atoms with van der Waals surface area (Å²) in [6, 6.07) is 1.52. The second kappa shape index (κ2) is 4.92. The number of nitrogens with zero attached hydrogens (tertiary/aromatic N) is 2. The van der Waals surface area contributed by atoms with Crippen LogP contribution in [0.5, 0.6) is 5.75 Å². The zero-order chi connectivity index (χ0) is 13.0. The monoisotopic (exact) mass is 238 g/mol. The molecule has 0 saturated heterocycles. The number of rotatable bonds is 3. The fourth-order valence-corrected chi connectivity index (χ4v) is 1.16. The van der Waals surface area contributed by atoms with Crippen LogP contribution in [0.3, 0.4) is 0 Å². The van der Waals surface area contributed by atoms with Crippen LogP contribution in [-0.4, -0.2) is 22.3 Å². The number of hydrazone groups is 1. The van der Waals surface area contributed by atoms with Gasteiger partial charge in [0.2, 0.25) is 0 Å². The molecule has 4 N–H and O–H groups in total. The Morgan fingerprint density at radius 3 is 2.82 bits per heavy atom. The number of nitrogens with one attached hydrogen (secondary N) is 1. The Hall–Kier alpha value is -2.64. The minimum atomic E-state index is -0.873. The summed E-state index contributed by atoms with van der Waals surface area (Å²) >= 11 is 0. The fourth-order valence-electron chi connectivity index (χ4n) is 1.16. The molecule has 8 heteroatoms. The third-order valence-corrected chi connectivity index (χ3v) is 1.92. The van der Waals surface area contributed by atoms with E-state index in [4.69, 9.17) is 5.73 Å². The number of aryl methyl sites for hydroxylation is 1. The van der Waals surface area contributed by atoms with Crippen molar-refractivity contribution >= 4 is 17.9 Å². The number of nitro benzene ring substituents is 1. The molecule has 1 aromatic carbocycles. The van der Waals surface area contributed by atoms with Crippen LogP contribution in [0.2, 0.25) is 0 Å². The summed E-state index contributed by atoms with van der Waals surface area (Å²) in [5.41, 5.74) is 6.96. The molecule has 17 heavy (non-hydrogen) atoms. The number of hydrogen-bond acceptors (Lipinski definition) is 5. The van der Waals surface area contributed by atoms with Crippen molar-refractivity contribution in [1.82, 2.24) is 5.43 Å². The lowest BCUT2D eigenvalue weighted by molar-refractivity contribution is -0.385. The van der Waals surface area contributed by atoms with Crippen molar-refractivity contribution in [1.29, 1.82) is 0 Å². The van der Waals surface area contributed by atoms with Crippen LogP contribution >= 0.6 is 0 Å². The molecule has 0 heterocycles. The molecule has 0 aromatic heterocycles. The molecule has 0 atom stereocenters. The molecule has 1 aromatic rings. The molecule has 0 unspecified atom stereocenters. The number of carbonyl (C=O) groups excluding carboxylic acids is 1. The highest BCUT2D eigenvalue weighted by molar-refractivity contribution is 5.86. The molecular weight excluding hydrogens is 228 g/mol. The fraction of sp³-hybridized carbons (Fsp3) is 0.111. The van der Waals surface area contributed by atoms with Crippen LogP contribution in [0.4, 0.5) is 10.5 Å². The van der Waals surface area contributed by atoms with E-state index in [1.165, 1.54) is 13.0 Å². The Labute approximate surface area is 95.9 Å². The van der Waals surface area contributed by atoms with Gasteiger partial charge >= 0.3 is 6.03 Å². The number of urea groups is 1. The van der Waals surface area contributed by atoms with Gasteiger partial charge in [0.05, 0.1) is 11.1 Å². The third-order valence-electron chi connectivity index (χ3n) is 1.92. The van der Waals surface area contributed by atoms with Gasteiger partial charge in [0, 0.05) is 17.2 Å². The Morgan fingerprint density at radius 1 is 1.65 bits per heavy atom. The Kier molecular flexibility index (Phi) is 3.60. The SMILES string of the molecule is Cc1cc(O)c(C=NNC(N)=O)cc1[N+](=O)[O-]. The van der Waals surface area contributed by atoms with Gasteiger partial charge < -0.3 is 10.8 Å². The number of carbonyl (C=O) groups is 1. The van der Waals surface area contributed by atoms with Gasteiger partial charge in [-0.15, -0.1) is 0 Å². The summed E-state index contributed by atoms with van der Waals surface area (Å²) < 4.78 is 0. The zero-order valence-electron chi connectivity index (χ0n) is 8.88. The van der Waals surface area contributed by atoms with Crippen molar-refractivity contribution in [2.45, 2.75) is 6.92 Å². The summed E-state index contributed by atoms with van der Waals surface area (Å²) in [7, 11) is 0. The summed E-state index contributed by atoms with van der Waals surface area (Å²) in [6.45, 7) is 1.50. The highest BCUT2D eigenvalue weighted by atomic mass is 16.6. The van der Waals surface area contributed by atoms with Crippen LogP contribution in [0.1, 0.15) is 11.1 Å². The van der Waals surface area contributed by atoms with Crippen molar-refractivity contribution < 1.29 is 14.8 Å². The molecule has 0 aliphatic heterocycles. The first-order valence-electron chi connectivity index (χ1n) is 4.48. The Bertz CT molecular complexity index is 498. The van der Waals surface area contributed by atoms with Gasteiger partial charge in [-0.1, -0.05) is 0 Å². The zero-order valence-corrected chi connectivity index (χ0v) is 8.88. The molecule has 0 aliphatic rings. The predicted molar refractivity (Wildman–Crippen MR) is 59.8 cm³/mol. The highest BCUT2D eigenvalue weighted by Crippen LogP contribution is 2.25. The van der Waals surface area contributed by atoms with Gasteiger partial charge in [0.1, 0.15) is 5.75 Å². The lowest BCUT2D eigenvalue weighted by Gasteiger charge is -2.02. The summed E-state index contributed by atoms with van der Waals surface area (Å²) in [4.78, 5) is 20.4. The number of phenolic OH excluding ortho intramolecular Hbond substituents is 1. The smallest absolute Gasteiger partial charge is 0.332 e. The number of amides is 2. The molecule has 0 fully saturated rings.